The quantitative estimate of drug-likeness (QED) is 0.513. The van der Waals surface area contributed by atoms with E-state index in [-0.39, 0.29) is 6.61 Å². The Bertz CT molecular complexity index is 695. The number of ether oxygens (including phenoxy) is 2. The normalized spacial score (nSPS) is 29.3. The van der Waals surface area contributed by atoms with E-state index in [2.05, 4.69) is 5.32 Å². The molecule has 1 aromatic rings. The molecule has 0 saturated carbocycles. The minimum atomic E-state index is -3.93. The highest BCUT2D eigenvalue weighted by Gasteiger charge is 2.48. The SMILES string of the molecule is CC(=O)N[C@@H]1[C@H](OCc2ccccc2)O[C@H](CO)[C@@H](OS(C)(=O)=O)[C@H]1O. The Morgan fingerprint density at radius 3 is 2.50 bits per heavy atom. The van der Waals surface area contributed by atoms with Crippen LogP contribution in [0.3, 0.4) is 0 Å². The van der Waals surface area contributed by atoms with Crippen molar-refractivity contribution in [2.75, 3.05) is 12.9 Å². The maximum Gasteiger partial charge on any atom is 0.264 e. The Labute approximate surface area is 152 Å². The number of carbonyl (C=O) groups excluding carboxylic acids is 1. The summed E-state index contributed by atoms with van der Waals surface area (Å²) >= 11 is 0. The monoisotopic (exact) mass is 389 g/mol. The standard InChI is InChI=1S/C16H23NO8S/c1-10(19)17-13-14(20)15(25-26(2,21)22)12(8-18)24-16(13)23-9-11-6-4-3-5-7-11/h3-7,12-16,18,20H,8-9H2,1-2H3,(H,17,19)/t12-,13+,14+,15-,16-/m1/s1. The van der Waals surface area contributed by atoms with Crippen LogP contribution in [0.2, 0.25) is 0 Å². The predicted molar refractivity (Wildman–Crippen MR) is 90.3 cm³/mol. The van der Waals surface area contributed by atoms with Gasteiger partial charge in [-0.05, 0) is 5.56 Å². The van der Waals surface area contributed by atoms with E-state index in [0.29, 0.717) is 0 Å². The third kappa shape index (κ3) is 5.73. The molecule has 0 bridgehead atoms. The fourth-order valence-corrected chi connectivity index (χ4v) is 3.31. The highest BCUT2D eigenvalue weighted by Crippen LogP contribution is 2.26. The van der Waals surface area contributed by atoms with Crippen LogP contribution in [0, 0.1) is 0 Å². The molecule has 5 atom stereocenters. The molecule has 1 amide bonds. The molecule has 0 aliphatic carbocycles. The van der Waals surface area contributed by atoms with E-state index in [0.717, 1.165) is 11.8 Å². The summed E-state index contributed by atoms with van der Waals surface area (Å²) < 4.78 is 38.9. The van der Waals surface area contributed by atoms with Gasteiger partial charge in [0.25, 0.3) is 10.1 Å². The molecular weight excluding hydrogens is 366 g/mol. The Hall–Kier alpha value is -1.56. The molecule has 1 aliphatic heterocycles. The lowest BCUT2D eigenvalue weighted by Gasteiger charge is -2.43. The number of hydrogen-bond acceptors (Lipinski definition) is 8. The summed E-state index contributed by atoms with van der Waals surface area (Å²) in [5.74, 6) is -0.466. The number of rotatable bonds is 7. The molecule has 3 N–H and O–H groups in total. The summed E-state index contributed by atoms with van der Waals surface area (Å²) in [4.78, 5) is 11.5. The number of carbonyl (C=O) groups is 1. The van der Waals surface area contributed by atoms with Crippen molar-refractivity contribution in [3.63, 3.8) is 0 Å². The zero-order valence-electron chi connectivity index (χ0n) is 14.4. The van der Waals surface area contributed by atoms with E-state index < -0.39 is 53.3 Å². The largest absolute Gasteiger partial charge is 0.394 e. The predicted octanol–water partition coefficient (Wildman–Crippen LogP) is -0.869. The minimum absolute atomic E-state index is 0.129. The van der Waals surface area contributed by atoms with Gasteiger partial charge in [0.2, 0.25) is 5.91 Å². The average molecular weight is 389 g/mol. The van der Waals surface area contributed by atoms with Crippen LogP contribution in [0.5, 0.6) is 0 Å². The van der Waals surface area contributed by atoms with Gasteiger partial charge in [-0.1, -0.05) is 30.3 Å². The van der Waals surface area contributed by atoms with Gasteiger partial charge in [-0.2, -0.15) is 8.42 Å². The minimum Gasteiger partial charge on any atom is -0.394 e. The lowest BCUT2D eigenvalue weighted by Crippen LogP contribution is -2.65. The van der Waals surface area contributed by atoms with Gasteiger partial charge in [-0.25, -0.2) is 0 Å². The lowest BCUT2D eigenvalue weighted by atomic mass is 9.97. The average Bonchev–Trinajstić information content (AvgIpc) is 2.57. The molecule has 9 nitrogen and oxygen atoms in total. The van der Waals surface area contributed by atoms with Crippen LogP contribution in [0.1, 0.15) is 12.5 Å². The van der Waals surface area contributed by atoms with Crippen molar-refractivity contribution in [3.05, 3.63) is 35.9 Å². The second-order valence-corrected chi connectivity index (χ2v) is 7.60. The van der Waals surface area contributed by atoms with E-state index >= 15 is 0 Å². The molecule has 26 heavy (non-hydrogen) atoms. The molecule has 146 valence electrons. The molecule has 1 aromatic carbocycles. The van der Waals surface area contributed by atoms with Crippen molar-refractivity contribution in [2.24, 2.45) is 0 Å². The first-order chi connectivity index (χ1) is 12.2. The molecule has 0 unspecified atom stereocenters. The van der Waals surface area contributed by atoms with Crippen LogP contribution in [0.15, 0.2) is 30.3 Å². The lowest BCUT2D eigenvalue weighted by molar-refractivity contribution is -0.268. The second kappa shape index (κ2) is 8.89. The summed E-state index contributed by atoms with van der Waals surface area (Å²) in [6, 6.07) is 8.07. The molecule has 1 aliphatic rings. The van der Waals surface area contributed by atoms with Crippen LogP contribution in [0.4, 0.5) is 0 Å². The van der Waals surface area contributed by atoms with Crippen LogP contribution in [0.25, 0.3) is 0 Å². The molecule has 0 spiro atoms. The summed E-state index contributed by atoms with van der Waals surface area (Å²) in [6.45, 7) is 0.769. The number of aliphatic hydroxyl groups excluding tert-OH is 2. The van der Waals surface area contributed by atoms with Crippen molar-refractivity contribution in [1.29, 1.82) is 0 Å². The van der Waals surface area contributed by atoms with Crippen molar-refractivity contribution < 1.29 is 37.1 Å². The van der Waals surface area contributed by atoms with Gasteiger partial charge in [0.15, 0.2) is 6.29 Å². The molecule has 1 saturated heterocycles. The zero-order chi connectivity index (χ0) is 19.3. The van der Waals surface area contributed by atoms with Crippen molar-refractivity contribution in [2.45, 2.75) is 44.2 Å². The summed E-state index contributed by atoms with van der Waals surface area (Å²) in [5, 5.41) is 22.5. The van der Waals surface area contributed by atoms with Crippen molar-refractivity contribution in [1.82, 2.24) is 5.32 Å². The third-order valence-corrected chi connectivity index (χ3v) is 4.34. The van der Waals surface area contributed by atoms with Gasteiger partial charge in [0.05, 0.1) is 19.5 Å². The van der Waals surface area contributed by atoms with Gasteiger partial charge in [0, 0.05) is 6.92 Å². The van der Waals surface area contributed by atoms with Gasteiger partial charge in [-0.15, -0.1) is 0 Å². The maximum atomic E-state index is 11.5. The van der Waals surface area contributed by atoms with Gasteiger partial charge in [-0.3, -0.25) is 8.98 Å². The molecule has 1 fully saturated rings. The van der Waals surface area contributed by atoms with Gasteiger partial charge >= 0.3 is 0 Å². The Morgan fingerprint density at radius 2 is 1.96 bits per heavy atom. The Kier molecular flexibility index (Phi) is 7.09. The number of amides is 1. The van der Waals surface area contributed by atoms with Crippen LogP contribution >= 0.6 is 0 Å². The van der Waals surface area contributed by atoms with Crippen LogP contribution in [-0.4, -0.2) is 68.0 Å². The van der Waals surface area contributed by atoms with Gasteiger partial charge in [0.1, 0.15) is 24.4 Å². The zero-order valence-corrected chi connectivity index (χ0v) is 15.3. The van der Waals surface area contributed by atoms with E-state index in [9.17, 15) is 23.4 Å². The number of nitrogens with one attached hydrogen (secondary N) is 1. The summed E-state index contributed by atoms with van der Waals surface area (Å²) in [6.07, 6.45) is -4.29. The fourth-order valence-electron chi connectivity index (χ4n) is 2.67. The number of benzene rings is 1. The first-order valence-electron chi connectivity index (χ1n) is 7.96. The molecule has 2 rings (SSSR count). The first kappa shape index (κ1) is 20.7. The van der Waals surface area contributed by atoms with Gasteiger partial charge < -0.3 is 25.0 Å². The first-order valence-corrected chi connectivity index (χ1v) is 9.78. The van der Waals surface area contributed by atoms with Crippen LogP contribution in [-0.2, 0) is 35.2 Å². The topological polar surface area (TPSA) is 131 Å². The third-order valence-electron chi connectivity index (χ3n) is 3.77. The highest BCUT2D eigenvalue weighted by molar-refractivity contribution is 7.86. The molecule has 1 heterocycles. The van der Waals surface area contributed by atoms with E-state index in [4.69, 9.17) is 13.7 Å². The smallest absolute Gasteiger partial charge is 0.264 e. The number of aliphatic hydroxyl groups is 2. The van der Waals surface area contributed by atoms with Crippen molar-refractivity contribution >= 4 is 16.0 Å². The Morgan fingerprint density at radius 1 is 1.31 bits per heavy atom. The molecular formula is C16H23NO8S. The highest BCUT2D eigenvalue weighted by atomic mass is 32.2. The van der Waals surface area contributed by atoms with Crippen LogP contribution < -0.4 is 5.32 Å². The Balaban J connectivity index is 2.18. The number of hydrogen-bond donors (Lipinski definition) is 3. The summed E-state index contributed by atoms with van der Waals surface area (Å²) in [7, 11) is -3.93. The summed E-state index contributed by atoms with van der Waals surface area (Å²) in [5.41, 5.74) is 0.835. The van der Waals surface area contributed by atoms with Crippen molar-refractivity contribution in [3.8, 4) is 0 Å². The maximum absolute atomic E-state index is 11.5. The fraction of sp³-hybridized carbons (Fsp3) is 0.562. The van der Waals surface area contributed by atoms with E-state index in [1.54, 1.807) is 0 Å². The molecule has 10 heteroatoms. The van der Waals surface area contributed by atoms with E-state index in [1.165, 1.54) is 6.92 Å². The molecule has 0 aromatic heterocycles. The van der Waals surface area contributed by atoms with E-state index in [1.807, 2.05) is 30.3 Å². The molecule has 0 radical (unpaired) electrons. The second-order valence-electron chi connectivity index (χ2n) is 6.00.